The molecule has 0 bridgehead atoms. The van der Waals surface area contributed by atoms with E-state index in [2.05, 4.69) is 10.6 Å². The van der Waals surface area contributed by atoms with Crippen LogP contribution < -0.4 is 16.4 Å². The second-order valence-electron chi connectivity index (χ2n) is 8.75. The van der Waals surface area contributed by atoms with Crippen LogP contribution in [0.1, 0.15) is 58.8 Å². The second-order valence-corrected chi connectivity index (χ2v) is 8.75. The number of carboxylic acids is 3. The fraction of sp³-hybridized carbons (Fsp3) is 0.714. The molecule has 13 heteroatoms. The Hall–Kier alpha value is -3.22. The summed E-state index contributed by atoms with van der Waals surface area (Å²) in [7, 11) is 0. The van der Waals surface area contributed by atoms with E-state index < -0.39 is 66.2 Å². The van der Waals surface area contributed by atoms with Gasteiger partial charge >= 0.3 is 17.9 Å². The monoisotopic (exact) mass is 486 g/mol. The molecule has 4 atom stereocenters. The summed E-state index contributed by atoms with van der Waals surface area (Å²) in [5.74, 6) is -5.73. The Morgan fingerprint density at radius 2 is 1.53 bits per heavy atom. The van der Waals surface area contributed by atoms with E-state index in [0.717, 1.165) is 0 Å². The number of hydrogen-bond acceptors (Lipinski definition) is 7. The molecule has 1 fully saturated rings. The fourth-order valence-corrected chi connectivity index (χ4v) is 3.69. The third kappa shape index (κ3) is 9.33. The molecule has 0 saturated carbocycles. The number of aliphatic carboxylic acids is 3. The van der Waals surface area contributed by atoms with Crippen LogP contribution in [0.3, 0.4) is 0 Å². The van der Waals surface area contributed by atoms with E-state index in [1.807, 2.05) is 0 Å². The van der Waals surface area contributed by atoms with E-state index in [1.165, 1.54) is 4.90 Å². The molecule has 0 radical (unpaired) electrons. The van der Waals surface area contributed by atoms with E-state index in [9.17, 15) is 33.9 Å². The highest BCUT2D eigenvalue weighted by Crippen LogP contribution is 2.20. The highest BCUT2D eigenvalue weighted by atomic mass is 16.4. The SMILES string of the molecule is CC(C)CC(NC(=O)C(CCC(=O)O)NC(=O)C1CCCN1C(=O)C(N)CCC(=O)O)C(=O)O. The van der Waals surface area contributed by atoms with Gasteiger partial charge in [-0.25, -0.2) is 4.79 Å². The Labute approximate surface area is 197 Å². The van der Waals surface area contributed by atoms with Crippen LogP contribution in [-0.2, 0) is 28.8 Å². The fourth-order valence-electron chi connectivity index (χ4n) is 3.69. The highest BCUT2D eigenvalue weighted by Gasteiger charge is 2.38. The molecular formula is C21H34N4O9. The van der Waals surface area contributed by atoms with Crippen LogP contribution in [0.25, 0.3) is 0 Å². The predicted molar refractivity (Wildman–Crippen MR) is 117 cm³/mol. The molecule has 1 saturated heterocycles. The van der Waals surface area contributed by atoms with Gasteiger partial charge in [-0.1, -0.05) is 13.8 Å². The van der Waals surface area contributed by atoms with Gasteiger partial charge in [0.05, 0.1) is 6.04 Å². The van der Waals surface area contributed by atoms with Crippen LogP contribution in [0, 0.1) is 5.92 Å². The van der Waals surface area contributed by atoms with Crippen molar-refractivity contribution in [2.45, 2.75) is 83.0 Å². The summed E-state index contributed by atoms with van der Waals surface area (Å²) in [5, 5.41) is 31.9. The molecule has 0 spiro atoms. The third-order valence-electron chi connectivity index (χ3n) is 5.43. The highest BCUT2D eigenvalue weighted by molar-refractivity contribution is 5.94. The molecule has 0 aromatic carbocycles. The summed E-state index contributed by atoms with van der Waals surface area (Å²) in [4.78, 5) is 72.8. The molecule has 192 valence electrons. The first-order chi connectivity index (χ1) is 15.8. The van der Waals surface area contributed by atoms with Crippen LogP contribution in [-0.4, -0.2) is 86.6 Å². The maximum absolute atomic E-state index is 12.9. The number of carboxylic acid groups (broad SMARTS) is 3. The molecule has 1 aliphatic heterocycles. The lowest BCUT2D eigenvalue weighted by Crippen LogP contribution is -2.56. The van der Waals surface area contributed by atoms with Gasteiger partial charge < -0.3 is 36.6 Å². The topological polar surface area (TPSA) is 216 Å². The zero-order chi connectivity index (χ0) is 26.0. The third-order valence-corrected chi connectivity index (χ3v) is 5.43. The first-order valence-electron chi connectivity index (χ1n) is 11.2. The number of hydrogen-bond donors (Lipinski definition) is 6. The molecule has 34 heavy (non-hydrogen) atoms. The summed E-state index contributed by atoms with van der Waals surface area (Å²) in [6, 6.07) is -4.61. The quantitative estimate of drug-likeness (QED) is 0.178. The van der Waals surface area contributed by atoms with Gasteiger partial charge in [-0.15, -0.1) is 0 Å². The average molecular weight is 487 g/mol. The Bertz CT molecular complexity index is 786. The predicted octanol–water partition coefficient (Wildman–Crippen LogP) is -0.865. The van der Waals surface area contributed by atoms with Crippen molar-refractivity contribution in [2.75, 3.05) is 6.54 Å². The number of nitrogens with two attached hydrogens (primary N) is 1. The second kappa shape index (κ2) is 13.5. The van der Waals surface area contributed by atoms with E-state index in [1.54, 1.807) is 13.8 Å². The normalized spacial score (nSPS) is 18.1. The van der Waals surface area contributed by atoms with Crippen molar-refractivity contribution in [3.05, 3.63) is 0 Å². The minimum Gasteiger partial charge on any atom is -0.481 e. The zero-order valence-electron chi connectivity index (χ0n) is 19.4. The van der Waals surface area contributed by atoms with Gasteiger partial charge in [0.15, 0.2) is 0 Å². The first kappa shape index (κ1) is 28.8. The molecule has 4 unspecified atom stereocenters. The van der Waals surface area contributed by atoms with Crippen molar-refractivity contribution in [3.63, 3.8) is 0 Å². The number of carbonyl (C=O) groups is 6. The molecule has 1 aliphatic rings. The number of amides is 3. The van der Waals surface area contributed by atoms with Crippen molar-refractivity contribution in [1.29, 1.82) is 0 Å². The van der Waals surface area contributed by atoms with Crippen molar-refractivity contribution >= 4 is 35.6 Å². The van der Waals surface area contributed by atoms with Crippen molar-refractivity contribution in [3.8, 4) is 0 Å². The van der Waals surface area contributed by atoms with Gasteiger partial charge in [-0.2, -0.15) is 0 Å². The van der Waals surface area contributed by atoms with E-state index in [0.29, 0.717) is 6.42 Å². The van der Waals surface area contributed by atoms with Crippen LogP contribution in [0.15, 0.2) is 0 Å². The van der Waals surface area contributed by atoms with Gasteiger partial charge in [0.2, 0.25) is 17.7 Å². The molecule has 1 heterocycles. The lowest BCUT2D eigenvalue weighted by molar-refractivity contribution is -0.144. The Morgan fingerprint density at radius 1 is 0.941 bits per heavy atom. The summed E-state index contributed by atoms with van der Waals surface area (Å²) in [5.41, 5.74) is 5.79. The van der Waals surface area contributed by atoms with E-state index in [4.69, 9.17) is 15.9 Å². The van der Waals surface area contributed by atoms with Crippen LogP contribution in [0.4, 0.5) is 0 Å². The zero-order valence-corrected chi connectivity index (χ0v) is 19.4. The van der Waals surface area contributed by atoms with Crippen molar-refractivity contribution in [2.24, 2.45) is 11.7 Å². The molecule has 13 nitrogen and oxygen atoms in total. The Balaban J connectivity index is 2.93. The van der Waals surface area contributed by atoms with Crippen molar-refractivity contribution < 1.29 is 44.1 Å². The minimum absolute atomic E-state index is 0.0446. The molecular weight excluding hydrogens is 452 g/mol. The Kier molecular flexibility index (Phi) is 11.4. The molecule has 0 aromatic rings. The lowest BCUT2D eigenvalue weighted by Gasteiger charge is -2.28. The Morgan fingerprint density at radius 3 is 2.06 bits per heavy atom. The number of rotatable bonds is 14. The van der Waals surface area contributed by atoms with Gasteiger partial charge in [-0.05, 0) is 38.0 Å². The number of likely N-dealkylation sites (tertiary alicyclic amines) is 1. The van der Waals surface area contributed by atoms with Crippen molar-refractivity contribution in [1.82, 2.24) is 15.5 Å². The summed E-state index contributed by atoms with van der Waals surface area (Å²) in [6.07, 6.45) is -0.239. The molecule has 0 aromatic heterocycles. The maximum Gasteiger partial charge on any atom is 0.326 e. The average Bonchev–Trinajstić information content (AvgIpc) is 3.23. The summed E-state index contributed by atoms with van der Waals surface area (Å²) in [6.45, 7) is 3.77. The van der Waals surface area contributed by atoms with Gasteiger partial charge in [0.1, 0.15) is 18.1 Å². The lowest BCUT2D eigenvalue weighted by atomic mass is 10.0. The van der Waals surface area contributed by atoms with Gasteiger partial charge in [0, 0.05) is 19.4 Å². The van der Waals surface area contributed by atoms with E-state index >= 15 is 0 Å². The molecule has 3 amide bonds. The maximum atomic E-state index is 12.9. The van der Waals surface area contributed by atoms with E-state index in [-0.39, 0.29) is 44.6 Å². The standard InChI is InChI=1S/C21H34N4O9/c1-11(2)10-14(21(33)34)24-18(30)13(6-8-17(28)29)23-19(31)15-4-3-9-25(15)20(32)12(22)5-7-16(26)27/h11-15H,3-10,22H2,1-2H3,(H,23,31)(H,24,30)(H,26,27)(H,28,29)(H,33,34). The largest absolute Gasteiger partial charge is 0.481 e. The van der Waals surface area contributed by atoms with Gasteiger partial charge in [0.25, 0.3) is 0 Å². The number of carbonyl (C=O) groups excluding carboxylic acids is 3. The minimum atomic E-state index is -1.32. The molecule has 1 rings (SSSR count). The number of nitrogens with zero attached hydrogens (tertiary/aromatic N) is 1. The van der Waals surface area contributed by atoms with Crippen LogP contribution in [0.2, 0.25) is 0 Å². The summed E-state index contributed by atoms with van der Waals surface area (Å²) < 4.78 is 0. The smallest absolute Gasteiger partial charge is 0.326 e. The summed E-state index contributed by atoms with van der Waals surface area (Å²) >= 11 is 0. The number of nitrogens with one attached hydrogen (secondary N) is 2. The van der Waals surface area contributed by atoms with Crippen LogP contribution >= 0.6 is 0 Å². The first-order valence-corrected chi connectivity index (χ1v) is 11.2. The van der Waals surface area contributed by atoms with Crippen LogP contribution in [0.5, 0.6) is 0 Å². The van der Waals surface area contributed by atoms with Gasteiger partial charge in [-0.3, -0.25) is 24.0 Å². The molecule has 7 N–H and O–H groups in total. The molecule has 0 aliphatic carbocycles.